The highest BCUT2D eigenvalue weighted by Gasteiger charge is 2.26. The first-order valence-electron chi connectivity index (χ1n) is 6.92. The number of ether oxygens (including phenoxy) is 1. The molecule has 0 radical (unpaired) electrons. The van der Waals surface area contributed by atoms with Crippen molar-refractivity contribution < 1.29 is 14.1 Å². The standard InChI is InChI=1S/C14H22N2O3/c1-14(7-5-3-4-6-8-14)10-15-13(17)11-9-12(18-2)16-19-11/h9H,3-8,10H2,1-2H3,(H,15,17). The third kappa shape index (κ3) is 3.72. The maximum Gasteiger partial charge on any atom is 0.290 e. The molecule has 1 aromatic heterocycles. The largest absolute Gasteiger partial charge is 0.479 e. The summed E-state index contributed by atoms with van der Waals surface area (Å²) >= 11 is 0. The quantitative estimate of drug-likeness (QED) is 0.851. The minimum atomic E-state index is -0.221. The monoisotopic (exact) mass is 266 g/mol. The Balaban J connectivity index is 1.88. The lowest BCUT2D eigenvalue weighted by molar-refractivity contribution is 0.0891. The van der Waals surface area contributed by atoms with Gasteiger partial charge in [-0.15, -0.1) is 0 Å². The molecule has 1 saturated carbocycles. The zero-order chi connectivity index (χ0) is 13.7. The second-order valence-electron chi connectivity index (χ2n) is 5.64. The van der Waals surface area contributed by atoms with Crippen LogP contribution in [0.1, 0.15) is 56.0 Å². The molecule has 0 spiro atoms. The van der Waals surface area contributed by atoms with Gasteiger partial charge in [0.15, 0.2) is 0 Å². The molecule has 1 N–H and O–H groups in total. The lowest BCUT2D eigenvalue weighted by atomic mass is 9.82. The van der Waals surface area contributed by atoms with Gasteiger partial charge in [-0.05, 0) is 23.4 Å². The van der Waals surface area contributed by atoms with Gasteiger partial charge >= 0.3 is 0 Å². The molecule has 0 aliphatic heterocycles. The van der Waals surface area contributed by atoms with E-state index in [4.69, 9.17) is 9.26 Å². The predicted molar refractivity (Wildman–Crippen MR) is 71.2 cm³/mol. The van der Waals surface area contributed by atoms with Gasteiger partial charge in [-0.2, -0.15) is 0 Å². The van der Waals surface area contributed by atoms with Crippen LogP contribution in [0.2, 0.25) is 0 Å². The fourth-order valence-electron chi connectivity index (χ4n) is 2.60. The van der Waals surface area contributed by atoms with E-state index in [1.165, 1.54) is 51.7 Å². The molecule has 1 amide bonds. The van der Waals surface area contributed by atoms with Crippen LogP contribution in [0.3, 0.4) is 0 Å². The van der Waals surface area contributed by atoms with Crippen molar-refractivity contribution in [3.63, 3.8) is 0 Å². The third-order valence-electron chi connectivity index (χ3n) is 3.91. The van der Waals surface area contributed by atoms with Crippen LogP contribution in [0.5, 0.6) is 5.88 Å². The van der Waals surface area contributed by atoms with Crippen LogP contribution >= 0.6 is 0 Å². The molecular weight excluding hydrogens is 244 g/mol. The first-order valence-corrected chi connectivity index (χ1v) is 6.92. The molecule has 0 aromatic carbocycles. The van der Waals surface area contributed by atoms with Crippen LogP contribution in [-0.4, -0.2) is 24.7 Å². The highest BCUT2D eigenvalue weighted by atomic mass is 16.5. The fourth-order valence-corrected chi connectivity index (χ4v) is 2.60. The first-order chi connectivity index (χ1) is 9.13. The molecule has 0 unspecified atom stereocenters. The second-order valence-corrected chi connectivity index (χ2v) is 5.64. The van der Waals surface area contributed by atoms with Crippen LogP contribution in [0.4, 0.5) is 0 Å². The van der Waals surface area contributed by atoms with Gasteiger partial charge in [-0.25, -0.2) is 0 Å². The van der Waals surface area contributed by atoms with Crippen molar-refractivity contribution in [2.24, 2.45) is 5.41 Å². The average Bonchev–Trinajstić information content (AvgIpc) is 2.79. The van der Waals surface area contributed by atoms with Crippen LogP contribution in [0.15, 0.2) is 10.6 Å². The Labute approximate surface area is 113 Å². The van der Waals surface area contributed by atoms with Crippen molar-refractivity contribution in [1.82, 2.24) is 10.5 Å². The lowest BCUT2D eigenvalue weighted by Crippen LogP contribution is -2.35. The Hall–Kier alpha value is -1.52. The van der Waals surface area contributed by atoms with Crippen molar-refractivity contribution in [3.8, 4) is 5.88 Å². The molecule has 106 valence electrons. The number of hydrogen-bond acceptors (Lipinski definition) is 4. The van der Waals surface area contributed by atoms with Gasteiger partial charge in [0.25, 0.3) is 11.8 Å². The lowest BCUT2D eigenvalue weighted by Gasteiger charge is -2.28. The summed E-state index contributed by atoms with van der Waals surface area (Å²) < 4.78 is 9.82. The molecular formula is C14H22N2O3. The number of nitrogens with zero attached hydrogens (tertiary/aromatic N) is 1. The zero-order valence-corrected chi connectivity index (χ0v) is 11.7. The van der Waals surface area contributed by atoms with Gasteiger partial charge in [0, 0.05) is 6.54 Å². The van der Waals surface area contributed by atoms with Gasteiger partial charge in [0.05, 0.1) is 13.2 Å². The summed E-state index contributed by atoms with van der Waals surface area (Å²) in [4.78, 5) is 11.9. The van der Waals surface area contributed by atoms with E-state index in [0.717, 1.165) is 0 Å². The van der Waals surface area contributed by atoms with E-state index in [1.54, 1.807) is 0 Å². The van der Waals surface area contributed by atoms with E-state index in [0.29, 0.717) is 12.4 Å². The maximum atomic E-state index is 11.9. The molecule has 1 fully saturated rings. The predicted octanol–water partition coefficient (Wildman–Crippen LogP) is 2.77. The Bertz CT molecular complexity index is 420. The molecule has 2 rings (SSSR count). The Morgan fingerprint density at radius 2 is 2.11 bits per heavy atom. The number of rotatable bonds is 4. The third-order valence-corrected chi connectivity index (χ3v) is 3.91. The summed E-state index contributed by atoms with van der Waals surface area (Å²) in [6.45, 7) is 2.94. The zero-order valence-electron chi connectivity index (χ0n) is 11.7. The first kappa shape index (κ1) is 13.9. The number of nitrogens with one attached hydrogen (secondary N) is 1. The number of amides is 1. The minimum Gasteiger partial charge on any atom is -0.479 e. The van der Waals surface area contributed by atoms with E-state index in [1.807, 2.05) is 0 Å². The van der Waals surface area contributed by atoms with E-state index >= 15 is 0 Å². The van der Waals surface area contributed by atoms with E-state index in [9.17, 15) is 4.79 Å². The number of hydrogen-bond donors (Lipinski definition) is 1. The van der Waals surface area contributed by atoms with Crippen LogP contribution < -0.4 is 10.1 Å². The Morgan fingerprint density at radius 1 is 1.42 bits per heavy atom. The van der Waals surface area contributed by atoms with Crippen LogP contribution in [0.25, 0.3) is 0 Å². The molecule has 0 saturated heterocycles. The molecule has 5 heteroatoms. The van der Waals surface area contributed by atoms with Crippen molar-refractivity contribution in [2.45, 2.75) is 45.4 Å². The molecule has 1 aromatic rings. The number of carbonyl (C=O) groups excluding carboxylic acids is 1. The molecule has 1 aliphatic rings. The van der Waals surface area contributed by atoms with Crippen molar-refractivity contribution in [1.29, 1.82) is 0 Å². The molecule has 1 aliphatic carbocycles. The number of carbonyl (C=O) groups is 1. The number of methoxy groups -OCH3 is 1. The number of aromatic nitrogens is 1. The van der Waals surface area contributed by atoms with E-state index in [-0.39, 0.29) is 17.1 Å². The van der Waals surface area contributed by atoms with E-state index in [2.05, 4.69) is 17.4 Å². The second kappa shape index (κ2) is 6.08. The summed E-state index contributed by atoms with van der Waals surface area (Å²) in [5, 5.41) is 6.57. The normalized spacial score (nSPS) is 18.6. The summed E-state index contributed by atoms with van der Waals surface area (Å²) in [5.41, 5.74) is 0.205. The Morgan fingerprint density at radius 3 is 2.68 bits per heavy atom. The molecule has 19 heavy (non-hydrogen) atoms. The van der Waals surface area contributed by atoms with Gasteiger partial charge in [-0.1, -0.05) is 32.6 Å². The smallest absolute Gasteiger partial charge is 0.290 e. The summed E-state index contributed by atoms with van der Waals surface area (Å²) in [6, 6.07) is 1.50. The summed E-state index contributed by atoms with van der Waals surface area (Å²) in [7, 11) is 1.49. The highest BCUT2D eigenvalue weighted by Crippen LogP contribution is 2.33. The Kier molecular flexibility index (Phi) is 4.45. The van der Waals surface area contributed by atoms with Crippen molar-refractivity contribution >= 4 is 5.91 Å². The van der Waals surface area contributed by atoms with E-state index < -0.39 is 0 Å². The van der Waals surface area contributed by atoms with Gasteiger partial charge < -0.3 is 14.6 Å². The highest BCUT2D eigenvalue weighted by molar-refractivity contribution is 5.91. The van der Waals surface area contributed by atoms with Crippen molar-refractivity contribution in [3.05, 3.63) is 11.8 Å². The van der Waals surface area contributed by atoms with Crippen LogP contribution in [-0.2, 0) is 0 Å². The van der Waals surface area contributed by atoms with Crippen molar-refractivity contribution in [2.75, 3.05) is 13.7 Å². The van der Waals surface area contributed by atoms with Gasteiger partial charge in [-0.3, -0.25) is 4.79 Å². The van der Waals surface area contributed by atoms with Crippen LogP contribution in [0, 0.1) is 5.41 Å². The average molecular weight is 266 g/mol. The molecule has 0 bridgehead atoms. The topological polar surface area (TPSA) is 64.4 Å². The molecule has 0 atom stereocenters. The maximum absolute atomic E-state index is 11.9. The minimum absolute atomic E-state index is 0.203. The molecule has 1 heterocycles. The SMILES string of the molecule is COc1cc(C(=O)NCC2(C)CCCCCC2)on1. The van der Waals surface area contributed by atoms with Gasteiger partial charge in [0.1, 0.15) is 0 Å². The molecule has 5 nitrogen and oxygen atoms in total. The summed E-state index contributed by atoms with van der Waals surface area (Å²) in [6.07, 6.45) is 7.47. The fraction of sp³-hybridized carbons (Fsp3) is 0.714. The summed E-state index contributed by atoms with van der Waals surface area (Å²) in [5.74, 6) is 0.307. The van der Waals surface area contributed by atoms with Gasteiger partial charge in [0.2, 0.25) is 5.76 Å².